The summed E-state index contributed by atoms with van der Waals surface area (Å²) in [4.78, 5) is 12.5. The second-order valence-corrected chi connectivity index (χ2v) is 8.64. The third kappa shape index (κ3) is 4.73. The number of aryl methyl sites for hydroxylation is 3. The molecule has 0 radical (unpaired) electrons. The molecule has 0 aliphatic heterocycles. The van der Waals surface area contributed by atoms with Crippen LogP contribution in [-0.2, 0) is 17.8 Å². The van der Waals surface area contributed by atoms with Gasteiger partial charge in [0.05, 0.1) is 12.3 Å². The number of hydrogen-bond donors (Lipinski definition) is 1. The zero-order chi connectivity index (χ0) is 24.4. The van der Waals surface area contributed by atoms with Crippen LogP contribution in [0.1, 0.15) is 35.9 Å². The number of ether oxygens (including phenoxy) is 1. The molecule has 1 N–H and O–H groups in total. The van der Waals surface area contributed by atoms with Gasteiger partial charge in [-0.1, -0.05) is 29.8 Å². The maximum absolute atomic E-state index is 12.5. The van der Waals surface area contributed by atoms with Crippen LogP contribution in [0.25, 0.3) is 22.4 Å². The average Bonchev–Trinajstić information content (AvgIpc) is 3.47. The van der Waals surface area contributed by atoms with E-state index in [0.29, 0.717) is 26.0 Å². The van der Waals surface area contributed by atoms with Crippen LogP contribution in [0.4, 0.5) is 0 Å². The Morgan fingerprint density at radius 2 is 1.94 bits per heavy atom. The topological polar surface area (TPSA) is 85.8 Å². The number of nitrogens with zero attached hydrogens (tertiary/aromatic N) is 5. The van der Waals surface area contributed by atoms with Gasteiger partial charge in [-0.05, 0) is 56.2 Å². The van der Waals surface area contributed by atoms with E-state index in [9.17, 15) is 4.79 Å². The molecule has 1 amide bonds. The highest BCUT2D eigenvalue weighted by Crippen LogP contribution is 2.26. The van der Waals surface area contributed by atoms with E-state index >= 15 is 0 Å². The summed E-state index contributed by atoms with van der Waals surface area (Å²) in [6.07, 6.45) is 4.61. The summed E-state index contributed by atoms with van der Waals surface area (Å²) in [5.74, 6) is 1.51. The Balaban J connectivity index is 1.29. The fraction of sp³-hybridized carbons (Fsp3) is 0.259. The number of amides is 1. The molecular weight excluding hydrogens is 440 g/mol. The van der Waals surface area contributed by atoms with Gasteiger partial charge in [0.1, 0.15) is 17.1 Å². The number of aromatic nitrogens is 5. The molecule has 8 heteroatoms. The minimum absolute atomic E-state index is 0.0359. The van der Waals surface area contributed by atoms with Crippen molar-refractivity contribution in [1.82, 2.24) is 29.5 Å². The van der Waals surface area contributed by atoms with Crippen molar-refractivity contribution < 1.29 is 9.53 Å². The first-order chi connectivity index (χ1) is 17.0. The number of carbonyl (C=O) groups excluding carboxylic acids is 1. The van der Waals surface area contributed by atoms with Crippen molar-refractivity contribution in [3.8, 4) is 17.0 Å². The van der Waals surface area contributed by atoms with Crippen molar-refractivity contribution in [2.24, 2.45) is 0 Å². The van der Waals surface area contributed by atoms with Gasteiger partial charge in [-0.3, -0.25) is 9.20 Å². The molecule has 2 aromatic carbocycles. The third-order valence-corrected chi connectivity index (χ3v) is 6.03. The molecule has 8 nitrogen and oxygen atoms in total. The van der Waals surface area contributed by atoms with E-state index < -0.39 is 0 Å². The predicted octanol–water partition coefficient (Wildman–Crippen LogP) is 4.31. The summed E-state index contributed by atoms with van der Waals surface area (Å²) in [6.45, 7) is 7.18. The lowest BCUT2D eigenvalue weighted by molar-refractivity contribution is -0.121. The zero-order valence-electron chi connectivity index (χ0n) is 20.2. The molecule has 178 valence electrons. The van der Waals surface area contributed by atoms with Crippen molar-refractivity contribution in [2.45, 2.75) is 40.2 Å². The van der Waals surface area contributed by atoms with Crippen LogP contribution in [0.15, 0.2) is 60.9 Å². The maximum atomic E-state index is 12.5. The van der Waals surface area contributed by atoms with Crippen molar-refractivity contribution in [2.75, 3.05) is 6.61 Å². The van der Waals surface area contributed by atoms with Gasteiger partial charge < -0.3 is 10.1 Å². The molecule has 5 rings (SSSR count). The lowest BCUT2D eigenvalue weighted by atomic mass is 10.0. The SMILES string of the molecule is CCOc1cccc(CNC(=O)CCc2nnc3c4cc(-c5cc(C)ccc5C)nn4ccn23)c1. The molecule has 0 saturated carbocycles. The van der Waals surface area contributed by atoms with Gasteiger partial charge in [-0.25, -0.2) is 4.52 Å². The minimum Gasteiger partial charge on any atom is -0.494 e. The smallest absolute Gasteiger partial charge is 0.220 e. The standard InChI is InChI=1S/C27H28N6O2/c1-4-35-21-7-5-6-20(15-21)17-28-26(34)11-10-25-29-30-27-24-16-23(31-33(24)13-12-32(25)27)22-14-18(2)8-9-19(22)3/h5-9,12-16H,4,10-11,17H2,1-3H3,(H,28,34). The van der Waals surface area contributed by atoms with Gasteiger partial charge in [0.25, 0.3) is 0 Å². The van der Waals surface area contributed by atoms with Crippen LogP contribution in [-0.4, -0.2) is 36.7 Å². The highest BCUT2D eigenvalue weighted by molar-refractivity contribution is 5.78. The van der Waals surface area contributed by atoms with E-state index in [0.717, 1.165) is 39.6 Å². The first-order valence-electron chi connectivity index (χ1n) is 11.8. The molecule has 0 unspecified atom stereocenters. The number of nitrogens with one attached hydrogen (secondary N) is 1. The van der Waals surface area contributed by atoms with Crippen LogP contribution < -0.4 is 10.1 Å². The second-order valence-electron chi connectivity index (χ2n) is 8.64. The zero-order valence-corrected chi connectivity index (χ0v) is 20.2. The van der Waals surface area contributed by atoms with Crippen molar-refractivity contribution in [1.29, 1.82) is 0 Å². The van der Waals surface area contributed by atoms with Gasteiger partial charge in [-0.2, -0.15) is 5.10 Å². The Labute approximate surface area is 203 Å². The lowest BCUT2D eigenvalue weighted by Crippen LogP contribution is -2.23. The van der Waals surface area contributed by atoms with Crippen LogP contribution >= 0.6 is 0 Å². The lowest BCUT2D eigenvalue weighted by Gasteiger charge is -2.08. The quantitative estimate of drug-likeness (QED) is 0.367. The second kappa shape index (κ2) is 9.58. The molecule has 0 spiro atoms. The molecule has 0 saturated heterocycles. The summed E-state index contributed by atoms with van der Waals surface area (Å²) < 4.78 is 9.28. The van der Waals surface area contributed by atoms with Gasteiger partial charge in [-0.15, -0.1) is 10.2 Å². The molecule has 0 fully saturated rings. The Hall–Kier alpha value is -4.20. The fourth-order valence-electron chi connectivity index (χ4n) is 4.20. The van der Waals surface area contributed by atoms with E-state index in [4.69, 9.17) is 9.84 Å². The van der Waals surface area contributed by atoms with Gasteiger partial charge >= 0.3 is 0 Å². The largest absolute Gasteiger partial charge is 0.494 e. The highest BCUT2D eigenvalue weighted by Gasteiger charge is 2.14. The first-order valence-corrected chi connectivity index (χ1v) is 11.8. The van der Waals surface area contributed by atoms with Crippen LogP contribution in [0.5, 0.6) is 5.75 Å². The average molecular weight is 469 g/mol. The monoisotopic (exact) mass is 468 g/mol. The Morgan fingerprint density at radius 1 is 1.06 bits per heavy atom. The number of carbonyl (C=O) groups is 1. The normalized spacial score (nSPS) is 11.3. The van der Waals surface area contributed by atoms with Gasteiger partial charge in [0.2, 0.25) is 5.91 Å². The van der Waals surface area contributed by atoms with E-state index in [-0.39, 0.29) is 5.91 Å². The van der Waals surface area contributed by atoms with Crippen LogP contribution in [0, 0.1) is 13.8 Å². The third-order valence-electron chi connectivity index (χ3n) is 6.03. The minimum atomic E-state index is -0.0359. The van der Waals surface area contributed by atoms with Crippen molar-refractivity contribution >= 4 is 17.1 Å². The molecule has 5 aromatic rings. The molecule has 3 aromatic heterocycles. The molecule has 0 bridgehead atoms. The van der Waals surface area contributed by atoms with E-state index in [1.54, 1.807) is 0 Å². The van der Waals surface area contributed by atoms with Crippen LogP contribution in [0.3, 0.4) is 0 Å². The number of rotatable bonds is 8. The fourth-order valence-corrected chi connectivity index (χ4v) is 4.20. The highest BCUT2D eigenvalue weighted by atomic mass is 16.5. The number of hydrogen-bond acceptors (Lipinski definition) is 5. The molecule has 0 aliphatic rings. The number of benzene rings is 2. The van der Waals surface area contributed by atoms with E-state index in [1.165, 1.54) is 11.1 Å². The van der Waals surface area contributed by atoms with Crippen molar-refractivity contribution in [3.63, 3.8) is 0 Å². The van der Waals surface area contributed by atoms with Crippen LogP contribution in [0.2, 0.25) is 0 Å². The summed E-state index contributed by atoms with van der Waals surface area (Å²) in [5.41, 5.74) is 6.97. The maximum Gasteiger partial charge on any atom is 0.220 e. The summed E-state index contributed by atoms with van der Waals surface area (Å²) >= 11 is 0. The Morgan fingerprint density at radius 3 is 2.80 bits per heavy atom. The van der Waals surface area contributed by atoms with E-state index in [2.05, 4.69) is 47.6 Å². The molecule has 3 heterocycles. The Bertz CT molecular complexity index is 1520. The van der Waals surface area contributed by atoms with E-state index in [1.807, 2.05) is 58.6 Å². The predicted molar refractivity (Wildman–Crippen MR) is 134 cm³/mol. The molecule has 35 heavy (non-hydrogen) atoms. The first kappa shape index (κ1) is 22.6. The summed E-state index contributed by atoms with van der Waals surface area (Å²) in [7, 11) is 0. The van der Waals surface area contributed by atoms with Gasteiger partial charge in [0.15, 0.2) is 5.65 Å². The van der Waals surface area contributed by atoms with Crippen molar-refractivity contribution in [3.05, 3.63) is 83.4 Å². The summed E-state index contributed by atoms with van der Waals surface area (Å²) in [5, 5.41) is 16.5. The molecule has 0 aliphatic carbocycles. The Kier molecular flexibility index (Phi) is 6.18. The number of fused-ring (bicyclic) bond motifs is 3. The van der Waals surface area contributed by atoms with Gasteiger partial charge in [0, 0.05) is 37.3 Å². The molecule has 0 atom stereocenters. The molecular formula is C27H28N6O2. The summed E-state index contributed by atoms with van der Waals surface area (Å²) in [6, 6.07) is 16.2.